The highest BCUT2D eigenvalue weighted by Crippen LogP contribution is 2.51. The van der Waals surface area contributed by atoms with Crippen molar-refractivity contribution in [2.24, 2.45) is 5.92 Å². The van der Waals surface area contributed by atoms with Crippen LogP contribution < -0.4 is 5.32 Å². The maximum Gasteiger partial charge on any atom is 0.0726 e. The molecular weight excluding hydrogens is 222 g/mol. The van der Waals surface area contributed by atoms with Crippen LogP contribution in [0.3, 0.4) is 0 Å². The highest BCUT2D eigenvalue weighted by Gasteiger charge is 2.56. The van der Waals surface area contributed by atoms with Gasteiger partial charge in [-0.15, -0.1) is 0 Å². The SMILES string of the molecule is N#C[C@H]1[C@H](c2cncc(Cl)c2)CNC12CC2. The number of rotatable bonds is 1. The van der Waals surface area contributed by atoms with E-state index < -0.39 is 0 Å². The Kier molecular flexibility index (Phi) is 2.17. The number of hydrogen-bond donors (Lipinski definition) is 1. The lowest BCUT2D eigenvalue weighted by atomic mass is 9.86. The van der Waals surface area contributed by atoms with Crippen molar-refractivity contribution in [1.29, 1.82) is 5.26 Å². The molecule has 1 N–H and O–H groups in total. The largest absolute Gasteiger partial charge is 0.309 e. The van der Waals surface area contributed by atoms with Crippen LogP contribution in [0.1, 0.15) is 24.3 Å². The van der Waals surface area contributed by atoms with Crippen molar-refractivity contribution in [3.63, 3.8) is 0 Å². The summed E-state index contributed by atoms with van der Waals surface area (Å²) >= 11 is 5.94. The molecule has 0 unspecified atom stereocenters. The van der Waals surface area contributed by atoms with Gasteiger partial charge in [0.1, 0.15) is 0 Å². The third-order valence-corrected chi connectivity index (χ3v) is 3.96. The van der Waals surface area contributed by atoms with Crippen LogP contribution in [-0.2, 0) is 0 Å². The highest BCUT2D eigenvalue weighted by atomic mass is 35.5. The minimum absolute atomic E-state index is 0.0627. The second-order valence-corrected chi connectivity index (χ2v) is 5.12. The Bertz CT molecular complexity index is 462. The molecule has 0 radical (unpaired) electrons. The van der Waals surface area contributed by atoms with Gasteiger partial charge in [0.25, 0.3) is 0 Å². The van der Waals surface area contributed by atoms with Gasteiger partial charge < -0.3 is 5.32 Å². The van der Waals surface area contributed by atoms with E-state index in [9.17, 15) is 5.26 Å². The minimum Gasteiger partial charge on any atom is -0.309 e. The normalized spacial score (nSPS) is 30.2. The number of aromatic nitrogens is 1. The maximum atomic E-state index is 9.30. The predicted octanol–water partition coefficient (Wildman–Crippen LogP) is 2.09. The Hall–Kier alpha value is -1.11. The van der Waals surface area contributed by atoms with E-state index in [-0.39, 0.29) is 17.4 Å². The van der Waals surface area contributed by atoms with Crippen LogP contribution in [0, 0.1) is 17.2 Å². The lowest BCUT2D eigenvalue weighted by Crippen LogP contribution is -2.28. The smallest absolute Gasteiger partial charge is 0.0726 e. The van der Waals surface area contributed by atoms with Gasteiger partial charge in [0.15, 0.2) is 0 Å². The fourth-order valence-corrected chi connectivity index (χ4v) is 2.89. The Morgan fingerprint density at radius 1 is 1.50 bits per heavy atom. The fourth-order valence-electron chi connectivity index (χ4n) is 2.70. The Labute approximate surface area is 99.4 Å². The van der Waals surface area contributed by atoms with Gasteiger partial charge in [-0.2, -0.15) is 5.26 Å². The first-order chi connectivity index (χ1) is 7.75. The molecule has 3 rings (SSSR count). The molecule has 1 aliphatic heterocycles. The van der Waals surface area contributed by atoms with Gasteiger partial charge in [-0.25, -0.2) is 0 Å². The number of pyridine rings is 1. The lowest BCUT2D eigenvalue weighted by molar-refractivity contribution is 0.495. The lowest BCUT2D eigenvalue weighted by Gasteiger charge is -2.16. The van der Waals surface area contributed by atoms with Crippen molar-refractivity contribution in [1.82, 2.24) is 10.3 Å². The maximum absolute atomic E-state index is 9.30. The molecule has 4 heteroatoms. The van der Waals surface area contributed by atoms with Crippen LogP contribution in [-0.4, -0.2) is 17.1 Å². The molecule has 16 heavy (non-hydrogen) atoms. The highest BCUT2D eigenvalue weighted by molar-refractivity contribution is 6.30. The molecule has 1 saturated carbocycles. The van der Waals surface area contributed by atoms with Crippen LogP contribution >= 0.6 is 11.6 Å². The minimum atomic E-state index is 0.0627. The molecule has 82 valence electrons. The summed E-state index contributed by atoms with van der Waals surface area (Å²) in [5.74, 6) is 0.298. The summed E-state index contributed by atoms with van der Waals surface area (Å²) in [5.41, 5.74) is 1.18. The van der Waals surface area contributed by atoms with E-state index in [0.29, 0.717) is 5.02 Å². The molecule has 1 aromatic heterocycles. The quantitative estimate of drug-likeness (QED) is 0.808. The van der Waals surface area contributed by atoms with Crippen molar-refractivity contribution in [3.05, 3.63) is 29.0 Å². The second kappa shape index (κ2) is 3.44. The molecule has 2 fully saturated rings. The number of nitrogens with zero attached hydrogens (tertiary/aromatic N) is 2. The number of nitrogens with one attached hydrogen (secondary N) is 1. The van der Waals surface area contributed by atoms with E-state index in [1.807, 2.05) is 12.3 Å². The van der Waals surface area contributed by atoms with E-state index in [1.165, 1.54) is 0 Å². The van der Waals surface area contributed by atoms with Crippen LogP contribution in [0.15, 0.2) is 18.5 Å². The molecule has 1 spiro atoms. The first kappa shape index (κ1) is 10.1. The molecule has 1 saturated heterocycles. The van der Waals surface area contributed by atoms with Crippen molar-refractivity contribution >= 4 is 11.6 Å². The molecule has 1 aromatic rings. The average molecular weight is 234 g/mol. The number of halogens is 1. The van der Waals surface area contributed by atoms with Crippen molar-refractivity contribution in [3.8, 4) is 6.07 Å². The molecule has 2 heterocycles. The first-order valence-corrected chi connectivity index (χ1v) is 5.88. The standard InChI is InChI=1S/C12H12ClN3/c13-9-3-8(5-15-6-9)10-7-16-12(1-2-12)11(10)4-14/h3,5-6,10-11,16H,1-2,7H2/t10-,11-/m0/s1. The average Bonchev–Trinajstić information content (AvgIpc) is 2.93. The summed E-state index contributed by atoms with van der Waals surface area (Å²) in [7, 11) is 0. The molecule has 3 nitrogen and oxygen atoms in total. The zero-order valence-electron chi connectivity index (χ0n) is 8.78. The van der Waals surface area contributed by atoms with Crippen LogP contribution in [0.4, 0.5) is 0 Å². The van der Waals surface area contributed by atoms with Crippen molar-refractivity contribution < 1.29 is 0 Å². The fraction of sp³-hybridized carbons (Fsp3) is 0.500. The summed E-state index contributed by atoms with van der Waals surface area (Å²) in [6, 6.07) is 4.37. The van der Waals surface area contributed by atoms with E-state index in [1.54, 1.807) is 6.20 Å². The summed E-state index contributed by atoms with van der Waals surface area (Å²) < 4.78 is 0. The van der Waals surface area contributed by atoms with Gasteiger partial charge in [0.05, 0.1) is 17.0 Å². The van der Waals surface area contributed by atoms with Gasteiger partial charge >= 0.3 is 0 Å². The third kappa shape index (κ3) is 1.41. The van der Waals surface area contributed by atoms with E-state index >= 15 is 0 Å². The molecule has 2 aliphatic rings. The second-order valence-electron chi connectivity index (χ2n) is 4.69. The predicted molar refractivity (Wildman–Crippen MR) is 61.1 cm³/mol. The summed E-state index contributed by atoms with van der Waals surface area (Å²) in [5, 5.41) is 13.4. The van der Waals surface area contributed by atoms with Gasteiger partial charge in [0, 0.05) is 30.4 Å². The zero-order chi connectivity index (χ0) is 11.2. The molecule has 0 bridgehead atoms. The number of nitriles is 1. The number of hydrogen-bond acceptors (Lipinski definition) is 3. The zero-order valence-corrected chi connectivity index (χ0v) is 9.54. The molecular formula is C12H12ClN3. The van der Waals surface area contributed by atoms with E-state index in [2.05, 4.69) is 16.4 Å². The van der Waals surface area contributed by atoms with Gasteiger partial charge in [-0.3, -0.25) is 4.98 Å². The third-order valence-electron chi connectivity index (χ3n) is 3.75. The van der Waals surface area contributed by atoms with Gasteiger partial charge in [0.2, 0.25) is 0 Å². The molecule has 1 aliphatic carbocycles. The first-order valence-electron chi connectivity index (χ1n) is 5.50. The van der Waals surface area contributed by atoms with Crippen molar-refractivity contribution in [2.75, 3.05) is 6.54 Å². The molecule has 0 amide bonds. The Balaban J connectivity index is 1.94. The Morgan fingerprint density at radius 2 is 2.31 bits per heavy atom. The topological polar surface area (TPSA) is 48.7 Å². The van der Waals surface area contributed by atoms with E-state index in [0.717, 1.165) is 24.9 Å². The van der Waals surface area contributed by atoms with Crippen LogP contribution in [0.5, 0.6) is 0 Å². The monoisotopic (exact) mass is 233 g/mol. The van der Waals surface area contributed by atoms with Gasteiger partial charge in [-0.05, 0) is 24.5 Å². The van der Waals surface area contributed by atoms with Crippen LogP contribution in [0.25, 0.3) is 0 Å². The summed E-state index contributed by atoms with van der Waals surface area (Å²) in [4.78, 5) is 4.10. The van der Waals surface area contributed by atoms with E-state index in [4.69, 9.17) is 11.6 Å². The van der Waals surface area contributed by atoms with Gasteiger partial charge in [-0.1, -0.05) is 11.6 Å². The summed E-state index contributed by atoms with van der Waals surface area (Å²) in [6.07, 6.45) is 5.69. The molecule has 0 aromatic carbocycles. The Morgan fingerprint density at radius 3 is 2.94 bits per heavy atom. The molecule has 2 atom stereocenters. The summed E-state index contributed by atoms with van der Waals surface area (Å²) in [6.45, 7) is 0.861. The van der Waals surface area contributed by atoms with Crippen LogP contribution in [0.2, 0.25) is 5.02 Å². The van der Waals surface area contributed by atoms with Crippen molar-refractivity contribution in [2.45, 2.75) is 24.3 Å².